The molecule has 4 aromatic rings. The number of benzene rings is 3. The molecular weight excluding hydrogens is 564 g/mol. The highest BCUT2D eigenvalue weighted by Gasteiger charge is 2.37. The van der Waals surface area contributed by atoms with Crippen molar-refractivity contribution in [3.05, 3.63) is 88.6 Å². The average Bonchev–Trinajstić information content (AvgIpc) is 3.02. The third-order valence-electron chi connectivity index (χ3n) is 7.49. The van der Waals surface area contributed by atoms with Crippen LogP contribution in [0.5, 0.6) is 11.5 Å². The molecule has 224 valence electrons. The quantitative estimate of drug-likeness (QED) is 0.189. The van der Waals surface area contributed by atoms with E-state index in [0.717, 1.165) is 42.9 Å². The molecule has 1 aliphatic rings. The van der Waals surface area contributed by atoms with E-state index in [0.29, 0.717) is 39.7 Å². The molecule has 0 saturated carbocycles. The zero-order chi connectivity index (χ0) is 30.5. The lowest BCUT2D eigenvalue weighted by molar-refractivity contribution is 0.252. The third kappa shape index (κ3) is 6.38. The zero-order valence-corrected chi connectivity index (χ0v) is 26.0. The van der Waals surface area contributed by atoms with E-state index >= 15 is 0 Å². The lowest BCUT2D eigenvalue weighted by Gasteiger charge is -2.37. The van der Waals surface area contributed by atoms with Gasteiger partial charge in [-0.15, -0.1) is 0 Å². The predicted molar refractivity (Wildman–Crippen MR) is 172 cm³/mol. The number of ether oxygens (including phenoxy) is 2. The Morgan fingerprint density at radius 2 is 1.84 bits per heavy atom. The summed E-state index contributed by atoms with van der Waals surface area (Å²) in [6.45, 7) is 9.56. The van der Waals surface area contributed by atoms with Gasteiger partial charge in [-0.1, -0.05) is 49.7 Å². The van der Waals surface area contributed by atoms with Crippen LogP contribution in [-0.4, -0.2) is 48.2 Å². The van der Waals surface area contributed by atoms with E-state index in [2.05, 4.69) is 41.2 Å². The lowest BCUT2D eigenvalue weighted by Crippen LogP contribution is -2.46. The molecule has 0 spiro atoms. The van der Waals surface area contributed by atoms with Crippen molar-refractivity contribution >= 4 is 46.5 Å². The van der Waals surface area contributed by atoms with Crippen LogP contribution in [0.3, 0.4) is 0 Å². The molecule has 0 bridgehead atoms. The van der Waals surface area contributed by atoms with Crippen molar-refractivity contribution in [3.63, 3.8) is 0 Å². The average molecular weight is 601 g/mol. The molecule has 2 heterocycles. The van der Waals surface area contributed by atoms with Gasteiger partial charge in [0, 0.05) is 30.1 Å². The Kier molecular flexibility index (Phi) is 9.33. The van der Waals surface area contributed by atoms with Gasteiger partial charge in [0.15, 0.2) is 5.82 Å². The number of para-hydroxylation sites is 1. The van der Waals surface area contributed by atoms with Crippen LogP contribution in [0.4, 0.5) is 33.6 Å². The zero-order valence-electron chi connectivity index (χ0n) is 25.2. The second-order valence-corrected chi connectivity index (χ2v) is 10.8. The van der Waals surface area contributed by atoms with Crippen LogP contribution < -0.4 is 24.6 Å². The van der Waals surface area contributed by atoms with Crippen molar-refractivity contribution in [1.29, 1.82) is 0 Å². The first-order valence-electron chi connectivity index (χ1n) is 14.4. The molecule has 0 fully saturated rings. The van der Waals surface area contributed by atoms with Crippen molar-refractivity contribution < 1.29 is 14.3 Å². The fourth-order valence-electron chi connectivity index (χ4n) is 5.28. The SMILES string of the molecule is CCCN(CC)Cc1ccc(Nc2ncc3c(n2)N(c2ccc(OC)cc2OC)C(=O)N(c2c(C)cccc2Cl)C3)cc1. The molecule has 9 nitrogen and oxygen atoms in total. The molecule has 2 amide bonds. The Labute approximate surface area is 258 Å². The number of nitrogens with one attached hydrogen (secondary N) is 1. The van der Waals surface area contributed by atoms with Crippen LogP contribution in [0.1, 0.15) is 37.0 Å². The van der Waals surface area contributed by atoms with Crippen LogP contribution in [0, 0.1) is 6.92 Å². The van der Waals surface area contributed by atoms with Gasteiger partial charge < -0.3 is 14.8 Å². The first kappa shape index (κ1) is 30.1. The first-order chi connectivity index (χ1) is 20.9. The Morgan fingerprint density at radius 1 is 1.05 bits per heavy atom. The number of urea groups is 1. The fraction of sp³-hybridized carbons (Fsp3) is 0.303. The van der Waals surface area contributed by atoms with E-state index in [9.17, 15) is 4.79 Å². The maximum atomic E-state index is 14.3. The van der Waals surface area contributed by atoms with Gasteiger partial charge in [-0.3, -0.25) is 9.80 Å². The van der Waals surface area contributed by atoms with Gasteiger partial charge in [0.25, 0.3) is 0 Å². The highest BCUT2D eigenvalue weighted by molar-refractivity contribution is 6.34. The second kappa shape index (κ2) is 13.3. The van der Waals surface area contributed by atoms with Crippen LogP contribution in [0.25, 0.3) is 0 Å². The molecule has 1 N–H and O–H groups in total. The van der Waals surface area contributed by atoms with Crippen LogP contribution in [-0.2, 0) is 13.1 Å². The van der Waals surface area contributed by atoms with Gasteiger partial charge >= 0.3 is 6.03 Å². The Hall–Kier alpha value is -4.34. The Morgan fingerprint density at radius 3 is 2.51 bits per heavy atom. The van der Waals surface area contributed by atoms with Crippen molar-refractivity contribution in [2.24, 2.45) is 0 Å². The summed E-state index contributed by atoms with van der Waals surface area (Å²) in [5, 5.41) is 3.79. The molecule has 0 unspecified atom stereocenters. The Bertz CT molecular complexity index is 1580. The number of hydrogen-bond acceptors (Lipinski definition) is 7. The standard InChI is InChI=1S/C33H37ClN6O3/c1-6-17-38(7-2)20-23-11-13-25(14-12-23)36-32-35-19-24-21-39(30-22(3)9-8-10-27(30)34)33(41)40(31(24)37-32)28-16-15-26(42-4)18-29(28)43-5/h8-16,18-19H,6-7,17,20-21H2,1-5H3,(H,35,36,37). The smallest absolute Gasteiger partial charge is 0.335 e. The molecular formula is C33H37ClN6O3. The number of halogens is 1. The number of hydrogen-bond donors (Lipinski definition) is 1. The van der Waals surface area contributed by atoms with E-state index in [-0.39, 0.29) is 12.6 Å². The summed E-state index contributed by atoms with van der Waals surface area (Å²) >= 11 is 6.63. The summed E-state index contributed by atoms with van der Waals surface area (Å²) in [5.74, 6) is 1.90. The molecule has 0 aliphatic carbocycles. The second-order valence-electron chi connectivity index (χ2n) is 10.4. The Balaban J connectivity index is 1.52. The molecule has 0 saturated heterocycles. The number of rotatable bonds is 11. The largest absolute Gasteiger partial charge is 0.497 e. The third-order valence-corrected chi connectivity index (χ3v) is 7.80. The van der Waals surface area contributed by atoms with Gasteiger partial charge in [-0.2, -0.15) is 4.98 Å². The topological polar surface area (TPSA) is 83.1 Å². The number of aryl methyl sites for hydroxylation is 1. The summed E-state index contributed by atoms with van der Waals surface area (Å²) in [6, 6.07) is 18.8. The predicted octanol–water partition coefficient (Wildman–Crippen LogP) is 7.71. The molecule has 3 aromatic carbocycles. The molecule has 5 rings (SSSR count). The number of nitrogens with zero attached hydrogens (tertiary/aromatic N) is 5. The van der Waals surface area contributed by atoms with E-state index in [1.165, 1.54) is 5.56 Å². The summed E-state index contributed by atoms with van der Waals surface area (Å²) in [7, 11) is 3.14. The maximum Gasteiger partial charge on any atom is 0.335 e. The molecule has 43 heavy (non-hydrogen) atoms. The lowest BCUT2D eigenvalue weighted by atomic mass is 10.1. The monoisotopic (exact) mass is 600 g/mol. The number of anilines is 5. The van der Waals surface area contributed by atoms with E-state index in [4.69, 9.17) is 26.1 Å². The minimum absolute atomic E-state index is 0.258. The van der Waals surface area contributed by atoms with Crippen molar-refractivity contribution in [2.45, 2.75) is 40.3 Å². The molecule has 10 heteroatoms. The number of carbonyl (C=O) groups excluding carboxylic acids is 1. The minimum Gasteiger partial charge on any atom is -0.497 e. The van der Waals surface area contributed by atoms with E-state index < -0.39 is 0 Å². The van der Waals surface area contributed by atoms with Crippen molar-refractivity contribution in [1.82, 2.24) is 14.9 Å². The maximum absolute atomic E-state index is 14.3. The molecule has 1 aromatic heterocycles. The van der Waals surface area contributed by atoms with Gasteiger partial charge in [0.1, 0.15) is 11.5 Å². The van der Waals surface area contributed by atoms with Crippen LogP contribution in [0.15, 0.2) is 66.9 Å². The summed E-state index contributed by atoms with van der Waals surface area (Å²) < 4.78 is 11.1. The highest BCUT2D eigenvalue weighted by Crippen LogP contribution is 2.43. The van der Waals surface area contributed by atoms with Gasteiger partial charge in [0.05, 0.1) is 37.2 Å². The number of aromatic nitrogens is 2. The van der Waals surface area contributed by atoms with Gasteiger partial charge in [-0.05, 0) is 67.9 Å². The van der Waals surface area contributed by atoms with Crippen LogP contribution in [0.2, 0.25) is 5.02 Å². The normalized spacial score (nSPS) is 12.9. The number of methoxy groups -OCH3 is 2. The van der Waals surface area contributed by atoms with E-state index in [1.807, 2.05) is 31.2 Å². The minimum atomic E-state index is -0.311. The number of amides is 2. The summed E-state index contributed by atoms with van der Waals surface area (Å²) in [5.41, 5.74) is 4.89. The van der Waals surface area contributed by atoms with Crippen molar-refractivity contribution in [3.8, 4) is 11.5 Å². The van der Waals surface area contributed by atoms with Gasteiger partial charge in [-0.25, -0.2) is 14.7 Å². The summed E-state index contributed by atoms with van der Waals surface area (Å²) in [4.78, 5) is 29.4. The number of fused-ring (bicyclic) bond motifs is 1. The van der Waals surface area contributed by atoms with Crippen LogP contribution >= 0.6 is 11.6 Å². The summed E-state index contributed by atoms with van der Waals surface area (Å²) in [6.07, 6.45) is 2.87. The molecule has 1 aliphatic heterocycles. The fourth-order valence-corrected chi connectivity index (χ4v) is 5.61. The van der Waals surface area contributed by atoms with Gasteiger partial charge in [0.2, 0.25) is 5.95 Å². The highest BCUT2D eigenvalue weighted by atomic mass is 35.5. The number of carbonyl (C=O) groups is 1. The first-order valence-corrected chi connectivity index (χ1v) is 14.8. The van der Waals surface area contributed by atoms with E-state index in [1.54, 1.807) is 54.5 Å². The molecule has 0 radical (unpaired) electrons. The van der Waals surface area contributed by atoms with Crippen molar-refractivity contribution in [2.75, 3.05) is 42.4 Å². The molecule has 0 atom stereocenters.